The lowest BCUT2D eigenvalue weighted by atomic mass is 10.3. The molecule has 1 aromatic heterocycles. The van der Waals surface area contributed by atoms with Gasteiger partial charge in [-0.3, -0.25) is 10.8 Å². The third-order valence-corrected chi connectivity index (χ3v) is 2.54. The number of furan rings is 1. The molecule has 2 aromatic rings. The number of hydrazone groups is 1. The molecule has 22 heavy (non-hydrogen) atoms. The highest BCUT2D eigenvalue weighted by Gasteiger charge is 2.08. The number of benzene rings is 1. The summed E-state index contributed by atoms with van der Waals surface area (Å²) in [6.45, 7) is 0.148. The molecule has 0 saturated carbocycles. The summed E-state index contributed by atoms with van der Waals surface area (Å²) < 4.78 is 24.0. The van der Waals surface area contributed by atoms with Crippen LogP contribution in [0.1, 0.15) is 5.76 Å². The van der Waals surface area contributed by atoms with Gasteiger partial charge < -0.3 is 14.9 Å². The molecule has 1 aromatic carbocycles. The first kappa shape index (κ1) is 15.1. The summed E-state index contributed by atoms with van der Waals surface area (Å²) in [5.41, 5.74) is 7.52. The van der Waals surface area contributed by atoms with Gasteiger partial charge >= 0.3 is 0 Å². The maximum atomic E-state index is 13.3. The zero-order valence-corrected chi connectivity index (χ0v) is 11.3. The van der Waals surface area contributed by atoms with Crippen LogP contribution in [-0.4, -0.2) is 11.5 Å². The number of anilines is 1. The van der Waals surface area contributed by atoms with E-state index in [-0.39, 0.29) is 18.0 Å². The van der Waals surface area contributed by atoms with E-state index in [1.807, 2.05) is 0 Å². The molecular formula is C14H12FN5O2. The van der Waals surface area contributed by atoms with E-state index in [1.54, 1.807) is 18.2 Å². The van der Waals surface area contributed by atoms with E-state index in [0.717, 1.165) is 6.07 Å². The van der Waals surface area contributed by atoms with Crippen LogP contribution in [0.2, 0.25) is 0 Å². The first-order valence-electron chi connectivity index (χ1n) is 6.13. The van der Waals surface area contributed by atoms with E-state index in [2.05, 4.69) is 10.5 Å². The third kappa shape index (κ3) is 3.83. The lowest BCUT2D eigenvalue weighted by Crippen LogP contribution is -2.21. The monoisotopic (exact) mass is 301 g/mol. The molecule has 0 bridgehead atoms. The predicted octanol–water partition coefficient (Wildman–Crippen LogP) is 2.23. The van der Waals surface area contributed by atoms with Crippen molar-refractivity contribution in [1.29, 1.82) is 10.7 Å². The van der Waals surface area contributed by atoms with Gasteiger partial charge in [-0.1, -0.05) is 0 Å². The van der Waals surface area contributed by atoms with Crippen LogP contribution in [0.5, 0.6) is 5.75 Å². The highest BCUT2D eigenvalue weighted by Crippen LogP contribution is 2.26. The second-order valence-electron chi connectivity index (χ2n) is 4.11. The number of rotatable bonds is 6. The van der Waals surface area contributed by atoms with Gasteiger partial charge in [0.25, 0.3) is 0 Å². The van der Waals surface area contributed by atoms with Crippen LogP contribution in [0.3, 0.4) is 0 Å². The van der Waals surface area contributed by atoms with Crippen LogP contribution < -0.4 is 15.9 Å². The molecule has 0 aliphatic rings. The topological polar surface area (TPSA) is 120 Å². The van der Waals surface area contributed by atoms with Crippen LogP contribution in [0, 0.1) is 22.6 Å². The second kappa shape index (κ2) is 6.90. The van der Waals surface area contributed by atoms with Crippen LogP contribution in [0.15, 0.2) is 46.1 Å². The van der Waals surface area contributed by atoms with Gasteiger partial charge in [0.1, 0.15) is 35.7 Å². The van der Waals surface area contributed by atoms with Crippen molar-refractivity contribution in [2.75, 3.05) is 5.43 Å². The van der Waals surface area contributed by atoms with Crippen molar-refractivity contribution >= 4 is 17.2 Å². The van der Waals surface area contributed by atoms with Crippen molar-refractivity contribution in [3.63, 3.8) is 0 Å². The Labute approximate surface area is 125 Å². The van der Waals surface area contributed by atoms with Gasteiger partial charge in [-0.05, 0) is 24.3 Å². The zero-order valence-electron chi connectivity index (χ0n) is 11.3. The molecule has 7 nitrogen and oxygen atoms in total. The van der Waals surface area contributed by atoms with Crippen LogP contribution >= 0.6 is 0 Å². The van der Waals surface area contributed by atoms with Gasteiger partial charge in [0.2, 0.25) is 5.71 Å². The fourth-order valence-corrected chi connectivity index (χ4v) is 1.52. The van der Waals surface area contributed by atoms with Crippen LogP contribution in [0.25, 0.3) is 0 Å². The molecule has 0 amide bonds. The third-order valence-electron chi connectivity index (χ3n) is 2.54. The Hall–Kier alpha value is -3.34. The van der Waals surface area contributed by atoms with Crippen molar-refractivity contribution in [2.24, 2.45) is 10.8 Å². The van der Waals surface area contributed by atoms with Crippen LogP contribution in [0.4, 0.5) is 10.1 Å². The fraction of sp³-hybridized carbons (Fsp3) is 0.0714. The number of nitrogens with zero attached hydrogens (tertiary/aromatic N) is 2. The lowest BCUT2D eigenvalue weighted by Gasteiger charge is -2.10. The summed E-state index contributed by atoms with van der Waals surface area (Å²) in [6.07, 6.45) is 1.51. The Bertz CT molecular complexity index is 734. The minimum Gasteiger partial charge on any atom is -0.483 e. The molecule has 0 aliphatic carbocycles. The predicted molar refractivity (Wildman–Crippen MR) is 78.0 cm³/mol. The zero-order chi connectivity index (χ0) is 15.9. The Kier molecular flexibility index (Phi) is 4.72. The fourth-order valence-electron chi connectivity index (χ4n) is 1.52. The van der Waals surface area contributed by atoms with Crippen LogP contribution in [-0.2, 0) is 6.61 Å². The lowest BCUT2D eigenvalue weighted by molar-refractivity contribution is 0.271. The highest BCUT2D eigenvalue weighted by molar-refractivity contribution is 6.45. The van der Waals surface area contributed by atoms with Crippen molar-refractivity contribution in [2.45, 2.75) is 6.61 Å². The number of nitriles is 1. The molecule has 0 fully saturated rings. The van der Waals surface area contributed by atoms with Gasteiger partial charge in [-0.2, -0.15) is 10.4 Å². The summed E-state index contributed by atoms with van der Waals surface area (Å²) in [5, 5.41) is 19.6. The van der Waals surface area contributed by atoms with E-state index < -0.39 is 11.7 Å². The maximum absolute atomic E-state index is 13.3. The second-order valence-corrected chi connectivity index (χ2v) is 4.11. The standard InChI is InChI=1S/C14H12FN5O2/c15-9-3-4-13(22-8-10-2-1-5-21-10)11(6-9)19-20-12(7-16)14(17)18/h1-6,19H,8H2,(H3,17,18)/b20-12+. The first-order chi connectivity index (χ1) is 10.6. The minimum absolute atomic E-state index is 0.148. The maximum Gasteiger partial charge on any atom is 0.201 e. The molecular weight excluding hydrogens is 289 g/mol. The molecule has 0 radical (unpaired) electrons. The molecule has 0 saturated heterocycles. The quantitative estimate of drug-likeness (QED) is 0.429. The number of nitrogens with one attached hydrogen (secondary N) is 2. The normalized spacial score (nSPS) is 10.8. The number of amidine groups is 1. The highest BCUT2D eigenvalue weighted by atomic mass is 19.1. The Morgan fingerprint density at radius 3 is 2.95 bits per heavy atom. The molecule has 0 spiro atoms. The van der Waals surface area contributed by atoms with E-state index >= 15 is 0 Å². The average molecular weight is 301 g/mol. The van der Waals surface area contributed by atoms with Gasteiger partial charge in [-0.25, -0.2) is 4.39 Å². The number of ether oxygens (including phenoxy) is 1. The number of hydrogen-bond acceptors (Lipinski definition) is 6. The summed E-state index contributed by atoms with van der Waals surface area (Å²) in [4.78, 5) is 0. The van der Waals surface area contributed by atoms with Gasteiger partial charge in [0.05, 0.1) is 6.26 Å². The molecule has 0 aliphatic heterocycles. The molecule has 4 N–H and O–H groups in total. The molecule has 1 heterocycles. The number of nitrogens with two attached hydrogens (primary N) is 1. The molecule has 0 unspecified atom stereocenters. The smallest absolute Gasteiger partial charge is 0.201 e. The summed E-state index contributed by atoms with van der Waals surface area (Å²) in [5.74, 6) is -0.101. The molecule has 112 valence electrons. The number of hydrogen-bond donors (Lipinski definition) is 3. The van der Waals surface area contributed by atoms with E-state index in [9.17, 15) is 4.39 Å². The van der Waals surface area contributed by atoms with E-state index in [1.165, 1.54) is 18.4 Å². The van der Waals surface area contributed by atoms with Gasteiger partial charge in [0, 0.05) is 6.07 Å². The van der Waals surface area contributed by atoms with E-state index in [0.29, 0.717) is 11.5 Å². The summed E-state index contributed by atoms with van der Waals surface area (Å²) in [7, 11) is 0. The van der Waals surface area contributed by atoms with Gasteiger partial charge in [0.15, 0.2) is 5.84 Å². The van der Waals surface area contributed by atoms with Gasteiger partial charge in [-0.15, -0.1) is 0 Å². The first-order valence-corrected chi connectivity index (χ1v) is 6.13. The van der Waals surface area contributed by atoms with Crippen molar-refractivity contribution in [1.82, 2.24) is 0 Å². The average Bonchev–Trinajstić information content (AvgIpc) is 3.00. The SMILES string of the molecule is N#C/C(=N\Nc1cc(F)ccc1OCc1ccco1)C(=N)N. The molecule has 8 heteroatoms. The van der Waals surface area contributed by atoms with Crippen molar-refractivity contribution < 1.29 is 13.5 Å². The largest absolute Gasteiger partial charge is 0.483 e. The summed E-state index contributed by atoms with van der Waals surface area (Å²) >= 11 is 0. The van der Waals surface area contributed by atoms with Crippen molar-refractivity contribution in [3.8, 4) is 11.8 Å². The number of halogens is 1. The molecule has 0 atom stereocenters. The Morgan fingerprint density at radius 2 is 2.32 bits per heavy atom. The van der Waals surface area contributed by atoms with Crippen molar-refractivity contribution in [3.05, 3.63) is 48.2 Å². The molecule has 2 rings (SSSR count). The minimum atomic E-state index is -0.510. The Balaban J connectivity index is 2.17. The Morgan fingerprint density at radius 1 is 1.50 bits per heavy atom. The van der Waals surface area contributed by atoms with E-state index in [4.69, 9.17) is 25.6 Å². The summed E-state index contributed by atoms with van der Waals surface area (Å²) in [6, 6.07) is 8.89.